The molecular formula is C28H27BrN4S. The van der Waals surface area contributed by atoms with Crippen LogP contribution in [0.2, 0.25) is 0 Å². The van der Waals surface area contributed by atoms with E-state index in [0.717, 1.165) is 15.9 Å². The second-order valence-corrected chi connectivity index (χ2v) is 10.2. The van der Waals surface area contributed by atoms with Crippen LogP contribution in [-0.4, -0.2) is 14.7 Å². The van der Waals surface area contributed by atoms with Crippen LogP contribution in [-0.2, 0) is 0 Å². The van der Waals surface area contributed by atoms with Gasteiger partial charge < -0.3 is 14.8 Å². The normalized spacial score (nSPS) is 17.8. The number of pyridine rings is 1. The number of benzene rings is 2. The van der Waals surface area contributed by atoms with Crippen LogP contribution in [0.3, 0.4) is 0 Å². The highest BCUT2D eigenvalue weighted by Crippen LogP contribution is 2.44. The van der Waals surface area contributed by atoms with Gasteiger partial charge in [-0.15, -0.1) is 0 Å². The smallest absolute Gasteiger partial charge is 0.174 e. The van der Waals surface area contributed by atoms with Crippen molar-refractivity contribution in [3.8, 4) is 5.69 Å². The molecule has 0 amide bonds. The summed E-state index contributed by atoms with van der Waals surface area (Å²) < 4.78 is 3.42. The largest absolute Gasteiger partial charge is 0.351 e. The van der Waals surface area contributed by atoms with E-state index in [1.807, 2.05) is 18.3 Å². The molecule has 4 aromatic rings. The second-order valence-electron chi connectivity index (χ2n) is 8.93. The van der Waals surface area contributed by atoms with Gasteiger partial charge in [0.2, 0.25) is 0 Å². The van der Waals surface area contributed by atoms with Crippen LogP contribution in [0.15, 0.2) is 77.4 Å². The molecule has 0 radical (unpaired) electrons. The van der Waals surface area contributed by atoms with E-state index in [1.54, 1.807) is 0 Å². The van der Waals surface area contributed by atoms with Crippen molar-refractivity contribution in [3.63, 3.8) is 0 Å². The summed E-state index contributed by atoms with van der Waals surface area (Å²) in [7, 11) is 0. The number of rotatable bonds is 4. The number of hydrogen-bond acceptors (Lipinski definition) is 2. The zero-order valence-electron chi connectivity index (χ0n) is 19.7. The van der Waals surface area contributed by atoms with Crippen LogP contribution in [0.5, 0.6) is 0 Å². The second kappa shape index (κ2) is 9.01. The summed E-state index contributed by atoms with van der Waals surface area (Å²) in [6.45, 7) is 8.59. The fourth-order valence-corrected chi connectivity index (χ4v) is 5.50. The fraction of sp³-hybridized carbons (Fsp3) is 0.214. The number of thiocarbonyl (C=S) groups is 1. The first kappa shape index (κ1) is 22.8. The average Bonchev–Trinajstić information content (AvgIpc) is 3.32. The van der Waals surface area contributed by atoms with Crippen molar-refractivity contribution in [2.24, 2.45) is 0 Å². The van der Waals surface area contributed by atoms with Crippen molar-refractivity contribution in [3.05, 3.63) is 111 Å². The number of aromatic nitrogens is 2. The molecule has 2 unspecified atom stereocenters. The molecule has 172 valence electrons. The lowest BCUT2D eigenvalue weighted by Crippen LogP contribution is -2.29. The highest BCUT2D eigenvalue weighted by Gasteiger charge is 2.42. The Morgan fingerprint density at radius 3 is 2.32 bits per heavy atom. The fourth-order valence-electron chi connectivity index (χ4n) is 4.91. The molecule has 6 heteroatoms. The first-order chi connectivity index (χ1) is 16.3. The molecule has 1 saturated heterocycles. The lowest BCUT2D eigenvalue weighted by molar-refractivity contribution is 0.565. The SMILES string of the molecule is Cc1ccc(-n2c(C)cc(C3C(c4ccccn4)NC(=S)N3c3ccc(Br)c(C)c3)c2C)cc1. The van der Waals surface area contributed by atoms with E-state index in [9.17, 15) is 0 Å². The van der Waals surface area contributed by atoms with Crippen molar-refractivity contribution in [1.82, 2.24) is 14.9 Å². The Morgan fingerprint density at radius 2 is 1.65 bits per heavy atom. The Bertz CT molecular complexity index is 1360. The quantitative estimate of drug-likeness (QED) is 0.286. The molecule has 4 nitrogen and oxygen atoms in total. The predicted octanol–water partition coefficient (Wildman–Crippen LogP) is 7.05. The van der Waals surface area contributed by atoms with Gasteiger partial charge in [-0.05, 0) is 99.6 Å². The Balaban J connectivity index is 1.68. The van der Waals surface area contributed by atoms with Gasteiger partial charge in [0.1, 0.15) is 0 Å². The maximum absolute atomic E-state index is 5.91. The van der Waals surface area contributed by atoms with Gasteiger partial charge >= 0.3 is 0 Å². The van der Waals surface area contributed by atoms with Gasteiger partial charge in [0.25, 0.3) is 0 Å². The van der Waals surface area contributed by atoms with E-state index in [0.29, 0.717) is 5.11 Å². The van der Waals surface area contributed by atoms with Crippen LogP contribution in [0.25, 0.3) is 5.69 Å². The Hall–Kier alpha value is -2.96. The highest BCUT2D eigenvalue weighted by molar-refractivity contribution is 9.10. The minimum atomic E-state index is -0.0652. The lowest BCUT2D eigenvalue weighted by Gasteiger charge is -2.28. The third-order valence-electron chi connectivity index (χ3n) is 6.60. The molecule has 2 atom stereocenters. The average molecular weight is 532 g/mol. The van der Waals surface area contributed by atoms with Crippen LogP contribution in [0.4, 0.5) is 5.69 Å². The van der Waals surface area contributed by atoms with Crippen LogP contribution in [0, 0.1) is 27.7 Å². The predicted molar refractivity (Wildman–Crippen MR) is 147 cm³/mol. The van der Waals surface area contributed by atoms with Gasteiger partial charge in [0.05, 0.1) is 17.8 Å². The summed E-state index contributed by atoms with van der Waals surface area (Å²) in [5.74, 6) is 0. The molecule has 2 aromatic carbocycles. The van der Waals surface area contributed by atoms with E-state index < -0.39 is 0 Å². The number of aryl methyl sites for hydroxylation is 3. The minimum absolute atomic E-state index is 0.0339. The van der Waals surface area contributed by atoms with Crippen molar-refractivity contribution >= 4 is 38.9 Å². The molecule has 1 aliphatic rings. The van der Waals surface area contributed by atoms with Gasteiger partial charge in [-0.1, -0.05) is 39.7 Å². The molecule has 2 aromatic heterocycles. The van der Waals surface area contributed by atoms with Crippen LogP contribution >= 0.6 is 28.1 Å². The number of hydrogen-bond donors (Lipinski definition) is 1. The summed E-state index contributed by atoms with van der Waals surface area (Å²) in [5.41, 5.74) is 9.28. The van der Waals surface area contributed by atoms with E-state index in [-0.39, 0.29) is 12.1 Å². The van der Waals surface area contributed by atoms with Crippen LogP contribution < -0.4 is 10.2 Å². The van der Waals surface area contributed by atoms with Crippen LogP contribution in [0.1, 0.15) is 45.9 Å². The van der Waals surface area contributed by atoms with Crippen molar-refractivity contribution in [2.75, 3.05) is 4.90 Å². The van der Waals surface area contributed by atoms with Gasteiger partial charge in [0.15, 0.2) is 5.11 Å². The van der Waals surface area contributed by atoms with E-state index >= 15 is 0 Å². The van der Waals surface area contributed by atoms with Gasteiger partial charge in [0, 0.05) is 33.4 Å². The minimum Gasteiger partial charge on any atom is -0.351 e. The molecular weight excluding hydrogens is 504 g/mol. The molecule has 1 fully saturated rings. The number of anilines is 1. The highest BCUT2D eigenvalue weighted by atomic mass is 79.9. The molecule has 0 saturated carbocycles. The van der Waals surface area contributed by atoms with E-state index in [4.69, 9.17) is 17.2 Å². The molecule has 1 aliphatic heterocycles. The van der Waals surface area contributed by atoms with Crippen molar-refractivity contribution in [2.45, 2.75) is 39.8 Å². The Morgan fingerprint density at radius 1 is 0.912 bits per heavy atom. The molecule has 3 heterocycles. The lowest BCUT2D eigenvalue weighted by atomic mass is 9.96. The van der Waals surface area contributed by atoms with Gasteiger partial charge in [-0.25, -0.2) is 0 Å². The monoisotopic (exact) mass is 530 g/mol. The van der Waals surface area contributed by atoms with Crippen molar-refractivity contribution < 1.29 is 0 Å². The molecule has 5 rings (SSSR count). The third kappa shape index (κ3) is 3.95. The topological polar surface area (TPSA) is 33.1 Å². The third-order valence-corrected chi connectivity index (χ3v) is 7.80. The van der Waals surface area contributed by atoms with E-state index in [1.165, 1.54) is 33.8 Å². The summed E-state index contributed by atoms with van der Waals surface area (Å²) in [6, 6.07) is 23.3. The first-order valence-electron chi connectivity index (χ1n) is 11.4. The summed E-state index contributed by atoms with van der Waals surface area (Å²) in [4.78, 5) is 6.94. The first-order valence-corrected chi connectivity index (χ1v) is 12.6. The van der Waals surface area contributed by atoms with E-state index in [2.05, 4.69) is 113 Å². The zero-order valence-corrected chi connectivity index (χ0v) is 22.1. The summed E-state index contributed by atoms with van der Waals surface area (Å²) >= 11 is 9.55. The Kier molecular flexibility index (Phi) is 6.04. The summed E-state index contributed by atoms with van der Waals surface area (Å²) in [5, 5.41) is 4.29. The molecule has 0 bridgehead atoms. The van der Waals surface area contributed by atoms with Gasteiger partial charge in [-0.3, -0.25) is 4.98 Å². The number of halogens is 1. The number of nitrogens with one attached hydrogen (secondary N) is 1. The molecule has 34 heavy (non-hydrogen) atoms. The molecule has 0 aliphatic carbocycles. The zero-order chi connectivity index (χ0) is 24.0. The molecule has 1 N–H and O–H groups in total. The standard InChI is InChI=1S/C28H27BrN4S/c1-17-8-10-21(11-9-17)32-19(3)16-23(20(32)4)27-26(25-7-5-6-14-30-25)31-28(34)33(27)22-12-13-24(29)18(2)15-22/h5-16,26-27H,1-4H3,(H,31,34). The van der Waals surface area contributed by atoms with Gasteiger partial charge in [-0.2, -0.15) is 0 Å². The van der Waals surface area contributed by atoms with Crippen molar-refractivity contribution in [1.29, 1.82) is 0 Å². The maximum Gasteiger partial charge on any atom is 0.174 e. The Labute approximate surface area is 214 Å². The summed E-state index contributed by atoms with van der Waals surface area (Å²) in [6.07, 6.45) is 1.85. The molecule has 0 spiro atoms. The number of nitrogens with zero attached hydrogens (tertiary/aromatic N) is 3. The maximum atomic E-state index is 5.91.